The monoisotopic (exact) mass is 282 g/mol. The predicted molar refractivity (Wildman–Crippen MR) is 79.5 cm³/mol. The van der Waals surface area contributed by atoms with Gasteiger partial charge in [-0.25, -0.2) is 0 Å². The normalized spacial score (nSPS) is 11.7. The average Bonchev–Trinajstić information content (AvgIpc) is 2.92. The van der Waals surface area contributed by atoms with Crippen molar-refractivity contribution in [3.05, 3.63) is 59.0 Å². The number of amides is 1. The molecule has 2 aromatic rings. The van der Waals surface area contributed by atoms with Crippen LogP contribution >= 0.6 is 0 Å². The van der Waals surface area contributed by atoms with E-state index in [4.69, 9.17) is 9.68 Å². The minimum Gasteiger partial charge on any atom is -0.464 e. The second-order valence-corrected chi connectivity index (χ2v) is 5.05. The Morgan fingerprint density at radius 3 is 2.57 bits per heavy atom. The van der Waals surface area contributed by atoms with Gasteiger partial charge < -0.3 is 9.73 Å². The number of hydrogen-bond donors (Lipinski definition) is 1. The van der Waals surface area contributed by atoms with Gasteiger partial charge in [0.05, 0.1) is 17.7 Å². The predicted octanol–water partition coefficient (Wildman–Crippen LogP) is 3.27. The molecule has 1 amide bonds. The van der Waals surface area contributed by atoms with Crippen molar-refractivity contribution >= 4 is 5.91 Å². The van der Waals surface area contributed by atoms with E-state index in [1.165, 1.54) is 0 Å². The lowest BCUT2D eigenvalue weighted by atomic mass is 10.1. The molecule has 4 nitrogen and oxygen atoms in total. The van der Waals surface area contributed by atoms with E-state index in [2.05, 4.69) is 11.4 Å². The van der Waals surface area contributed by atoms with Crippen LogP contribution in [0.15, 0.2) is 40.8 Å². The van der Waals surface area contributed by atoms with Crippen LogP contribution in [0, 0.1) is 18.3 Å². The van der Waals surface area contributed by atoms with Gasteiger partial charge in [-0.3, -0.25) is 4.79 Å². The zero-order valence-corrected chi connectivity index (χ0v) is 12.2. The molecule has 1 N–H and O–H groups in total. The quantitative estimate of drug-likeness (QED) is 0.915. The molecule has 108 valence electrons. The summed E-state index contributed by atoms with van der Waals surface area (Å²) in [6.07, 6.45) is 1.07. The minimum absolute atomic E-state index is 0.0130. The number of carbonyl (C=O) groups is 1. The molecule has 0 saturated heterocycles. The summed E-state index contributed by atoms with van der Waals surface area (Å²) in [5.41, 5.74) is 1.68. The Balaban J connectivity index is 1.83. The fraction of sp³-hybridized carbons (Fsp3) is 0.294. The molecule has 0 aliphatic carbocycles. The SMILES string of the molecule is Cc1ccc([C@@H](C)NC(=O)CCc2ccc(C#N)cc2)o1. The topological polar surface area (TPSA) is 66.0 Å². The van der Waals surface area contributed by atoms with Gasteiger partial charge in [-0.15, -0.1) is 0 Å². The lowest BCUT2D eigenvalue weighted by molar-refractivity contribution is -0.121. The Bertz CT molecular complexity index is 650. The molecule has 1 aromatic heterocycles. The number of benzene rings is 1. The summed E-state index contributed by atoms with van der Waals surface area (Å²) in [5, 5.41) is 11.6. The summed E-state index contributed by atoms with van der Waals surface area (Å²) < 4.78 is 5.49. The van der Waals surface area contributed by atoms with Crippen LogP contribution in [-0.4, -0.2) is 5.91 Å². The molecular weight excluding hydrogens is 264 g/mol. The first-order valence-corrected chi connectivity index (χ1v) is 6.93. The summed E-state index contributed by atoms with van der Waals surface area (Å²) in [4.78, 5) is 11.9. The van der Waals surface area contributed by atoms with Crippen molar-refractivity contribution in [2.45, 2.75) is 32.7 Å². The Kier molecular flexibility index (Phi) is 4.78. The number of furan rings is 1. The zero-order valence-electron chi connectivity index (χ0n) is 12.2. The summed E-state index contributed by atoms with van der Waals surface area (Å²) in [5.74, 6) is 1.59. The average molecular weight is 282 g/mol. The van der Waals surface area contributed by atoms with Crippen LogP contribution in [0.3, 0.4) is 0 Å². The van der Waals surface area contributed by atoms with Gasteiger partial charge in [0, 0.05) is 6.42 Å². The third-order valence-electron chi connectivity index (χ3n) is 3.29. The Morgan fingerprint density at radius 2 is 2.00 bits per heavy atom. The molecule has 0 bridgehead atoms. The summed E-state index contributed by atoms with van der Waals surface area (Å²) in [6, 6.07) is 13.0. The second-order valence-electron chi connectivity index (χ2n) is 5.05. The molecule has 2 rings (SSSR count). The number of aryl methyl sites for hydroxylation is 2. The molecule has 1 atom stereocenters. The third-order valence-corrected chi connectivity index (χ3v) is 3.29. The molecule has 0 fully saturated rings. The van der Waals surface area contributed by atoms with E-state index in [0.29, 0.717) is 18.4 Å². The molecule has 0 aliphatic rings. The van der Waals surface area contributed by atoms with Crippen molar-refractivity contribution in [2.75, 3.05) is 0 Å². The van der Waals surface area contributed by atoms with Crippen LogP contribution in [0.25, 0.3) is 0 Å². The van der Waals surface area contributed by atoms with Crippen molar-refractivity contribution < 1.29 is 9.21 Å². The highest BCUT2D eigenvalue weighted by Gasteiger charge is 2.12. The highest BCUT2D eigenvalue weighted by molar-refractivity contribution is 5.76. The summed E-state index contributed by atoms with van der Waals surface area (Å²) >= 11 is 0. The van der Waals surface area contributed by atoms with E-state index in [1.807, 2.05) is 38.1 Å². The molecule has 1 aromatic carbocycles. The van der Waals surface area contributed by atoms with E-state index in [0.717, 1.165) is 17.1 Å². The number of nitrogens with zero attached hydrogens (tertiary/aromatic N) is 1. The molecule has 0 radical (unpaired) electrons. The number of nitriles is 1. The lowest BCUT2D eigenvalue weighted by Gasteiger charge is -2.11. The van der Waals surface area contributed by atoms with Crippen LogP contribution in [-0.2, 0) is 11.2 Å². The first-order valence-electron chi connectivity index (χ1n) is 6.93. The van der Waals surface area contributed by atoms with Crippen LogP contribution in [0.1, 0.15) is 42.0 Å². The van der Waals surface area contributed by atoms with Gasteiger partial charge >= 0.3 is 0 Å². The van der Waals surface area contributed by atoms with Crippen LogP contribution in [0.4, 0.5) is 0 Å². The van der Waals surface area contributed by atoms with Crippen molar-refractivity contribution in [2.24, 2.45) is 0 Å². The van der Waals surface area contributed by atoms with E-state index >= 15 is 0 Å². The van der Waals surface area contributed by atoms with E-state index in [9.17, 15) is 4.79 Å². The molecule has 4 heteroatoms. The van der Waals surface area contributed by atoms with Gasteiger partial charge in [-0.2, -0.15) is 5.26 Å². The summed E-state index contributed by atoms with van der Waals surface area (Å²) in [7, 11) is 0. The van der Waals surface area contributed by atoms with Crippen LogP contribution < -0.4 is 5.32 Å². The Morgan fingerprint density at radius 1 is 1.29 bits per heavy atom. The van der Waals surface area contributed by atoms with E-state index in [-0.39, 0.29) is 11.9 Å². The molecular formula is C17H18N2O2. The fourth-order valence-corrected chi connectivity index (χ4v) is 2.07. The van der Waals surface area contributed by atoms with Gasteiger partial charge in [-0.1, -0.05) is 12.1 Å². The maximum absolute atomic E-state index is 11.9. The Labute approximate surface area is 124 Å². The maximum atomic E-state index is 11.9. The zero-order chi connectivity index (χ0) is 15.2. The van der Waals surface area contributed by atoms with E-state index in [1.54, 1.807) is 12.1 Å². The van der Waals surface area contributed by atoms with Crippen molar-refractivity contribution in [1.82, 2.24) is 5.32 Å². The van der Waals surface area contributed by atoms with Crippen molar-refractivity contribution in [3.8, 4) is 6.07 Å². The summed E-state index contributed by atoms with van der Waals surface area (Å²) in [6.45, 7) is 3.78. The molecule has 0 aliphatic heterocycles. The number of nitrogens with one attached hydrogen (secondary N) is 1. The van der Waals surface area contributed by atoms with Crippen molar-refractivity contribution in [1.29, 1.82) is 5.26 Å². The highest BCUT2D eigenvalue weighted by Crippen LogP contribution is 2.15. The maximum Gasteiger partial charge on any atom is 0.220 e. The van der Waals surface area contributed by atoms with Crippen molar-refractivity contribution in [3.63, 3.8) is 0 Å². The van der Waals surface area contributed by atoms with E-state index < -0.39 is 0 Å². The van der Waals surface area contributed by atoms with Gasteiger partial charge in [0.25, 0.3) is 0 Å². The molecule has 21 heavy (non-hydrogen) atoms. The minimum atomic E-state index is -0.132. The lowest BCUT2D eigenvalue weighted by Crippen LogP contribution is -2.26. The molecule has 0 saturated carbocycles. The van der Waals surface area contributed by atoms with Gasteiger partial charge in [0.15, 0.2) is 0 Å². The van der Waals surface area contributed by atoms with Gasteiger partial charge in [0.1, 0.15) is 11.5 Å². The largest absolute Gasteiger partial charge is 0.464 e. The van der Waals surface area contributed by atoms with Gasteiger partial charge in [0.2, 0.25) is 5.91 Å². The third kappa shape index (κ3) is 4.22. The Hall–Kier alpha value is -2.54. The number of hydrogen-bond acceptors (Lipinski definition) is 3. The number of carbonyl (C=O) groups excluding carboxylic acids is 1. The molecule has 1 heterocycles. The van der Waals surface area contributed by atoms with Crippen LogP contribution in [0.2, 0.25) is 0 Å². The highest BCUT2D eigenvalue weighted by atomic mass is 16.3. The second kappa shape index (κ2) is 6.76. The molecule has 0 spiro atoms. The standard InChI is InChI=1S/C17H18N2O2/c1-12-3-9-16(21-12)13(2)19-17(20)10-8-14-4-6-15(11-18)7-5-14/h3-7,9,13H,8,10H2,1-2H3,(H,19,20)/t13-/m1/s1. The van der Waals surface area contributed by atoms with Crippen LogP contribution in [0.5, 0.6) is 0 Å². The van der Waals surface area contributed by atoms with Gasteiger partial charge in [-0.05, 0) is 50.1 Å². The first-order chi connectivity index (χ1) is 10.1. The molecule has 0 unspecified atom stereocenters. The fourth-order valence-electron chi connectivity index (χ4n) is 2.07. The smallest absolute Gasteiger partial charge is 0.220 e. The first kappa shape index (κ1) is 14.9. The number of rotatable bonds is 5.